The van der Waals surface area contributed by atoms with E-state index >= 15 is 0 Å². The largest absolute Gasteiger partial charge is 0.330 e. The van der Waals surface area contributed by atoms with Crippen LogP contribution in [0.15, 0.2) is 31.3 Å². The molecular weight excluding hydrogens is 336 g/mol. The Balaban J connectivity index is 1.88. The van der Waals surface area contributed by atoms with Gasteiger partial charge in [0, 0.05) is 50.7 Å². The van der Waals surface area contributed by atoms with Crippen LogP contribution >= 0.6 is 0 Å². The minimum Gasteiger partial charge on any atom is -0.298 e. The van der Waals surface area contributed by atoms with E-state index in [1.807, 2.05) is 0 Å². The van der Waals surface area contributed by atoms with Gasteiger partial charge in [-0.15, -0.1) is 0 Å². The molecule has 2 aromatic rings. The first-order chi connectivity index (χ1) is 12.2. The molecule has 0 unspecified atom stereocenters. The lowest BCUT2D eigenvalue weighted by molar-refractivity contribution is 0.495. The molecular formula is C18H26N4O4. The second kappa shape index (κ2) is 8.16. The van der Waals surface area contributed by atoms with Crippen LogP contribution in [0.1, 0.15) is 37.1 Å². The summed E-state index contributed by atoms with van der Waals surface area (Å²) in [7, 11) is 2.96. The fraction of sp³-hybridized carbons (Fsp3) is 0.556. The number of aryl methyl sites for hydroxylation is 2. The van der Waals surface area contributed by atoms with E-state index in [4.69, 9.17) is 0 Å². The molecule has 0 N–H and O–H groups in total. The molecule has 2 heterocycles. The highest BCUT2D eigenvalue weighted by molar-refractivity contribution is 5.00. The predicted molar refractivity (Wildman–Crippen MR) is 99.8 cm³/mol. The molecule has 2 aromatic heterocycles. The molecule has 0 aromatic carbocycles. The van der Waals surface area contributed by atoms with Crippen molar-refractivity contribution in [2.45, 2.75) is 52.6 Å². The molecule has 0 amide bonds. The van der Waals surface area contributed by atoms with Crippen molar-refractivity contribution in [2.24, 2.45) is 14.1 Å². The number of aromatic nitrogens is 4. The van der Waals surface area contributed by atoms with Gasteiger partial charge in [-0.3, -0.25) is 27.9 Å². The van der Waals surface area contributed by atoms with Crippen LogP contribution in [-0.2, 0) is 27.2 Å². The number of rotatable bonds is 7. The second-order valence-electron chi connectivity index (χ2n) is 6.65. The highest BCUT2D eigenvalue weighted by Crippen LogP contribution is 2.04. The van der Waals surface area contributed by atoms with E-state index in [1.165, 1.54) is 26.2 Å². The van der Waals surface area contributed by atoms with Crippen molar-refractivity contribution in [3.8, 4) is 0 Å². The summed E-state index contributed by atoms with van der Waals surface area (Å²) in [6.45, 7) is 4.66. The van der Waals surface area contributed by atoms with Gasteiger partial charge in [0.25, 0.3) is 11.1 Å². The molecule has 26 heavy (non-hydrogen) atoms. The highest BCUT2D eigenvalue weighted by atomic mass is 16.2. The SMILES string of the molecule is Cc1cc(=O)n(C)c(=O)n1CCCCCCn1c(C)cc(=O)n(C)c1=O. The van der Waals surface area contributed by atoms with Crippen LogP contribution in [0.3, 0.4) is 0 Å². The molecule has 0 spiro atoms. The maximum absolute atomic E-state index is 12.1. The summed E-state index contributed by atoms with van der Waals surface area (Å²) in [5.41, 5.74) is 0.185. The van der Waals surface area contributed by atoms with E-state index in [9.17, 15) is 19.2 Å². The van der Waals surface area contributed by atoms with E-state index in [0.717, 1.165) is 34.8 Å². The van der Waals surface area contributed by atoms with Crippen LogP contribution in [0, 0.1) is 13.8 Å². The van der Waals surface area contributed by atoms with E-state index in [2.05, 4.69) is 0 Å². The zero-order valence-electron chi connectivity index (χ0n) is 15.8. The van der Waals surface area contributed by atoms with Gasteiger partial charge in [0.05, 0.1) is 0 Å². The van der Waals surface area contributed by atoms with Gasteiger partial charge in [0.15, 0.2) is 0 Å². The Hall–Kier alpha value is -2.64. The Morgan fingerprint density at radius 1 is 0.654 bits per heavy atom. The molecule has 8 heteroatoms. The lowest BCUT2D eigenvalue weighted by Gasteiger charge is -2.12. The van der Waals surface area contributed by atoms with Crippen molar-refractivity contribution in [1.82, 2.24) is 18.3 Å². The van der Waals surface area contributed by atoms with Gasteiger partial charge in [-0.05, 0) is 26.7 Å². The van der Waals surface area contributed by atoms with Gasteiger partial charge in [0.2, 0.25) is 0 Å². The van der Waals surface area contributed by atoms with E-state index in [-0.39, 0.29) is 22.5 Å². The predicted octanol–water partition coefficient (Wildman–Crippen LogP) is 0.285. The third-order valence-corrected chi connectivity index (χ3v) is 4.73. The summed E-state index contributed by atoms with van der Waals surface area (Å²) >= 11 is 0. The van der Waals surface area contributed by atoms with Gasteiger partial charge in [-0.1, -0.05) is 12.8 Å². The third kappa shape index (κ3) is 4.12. The Labute approximate surface area is 151 Å². The first-order valence-corrected chi connectivity index (χ1v) is 8.79. The van der Waals surface area contributed by atoms with Gasteiger partial charge < -0.3 is 0 Å². The minimum atomic E-state index is -0.290. The Morgan fingerprint density at radius 2 is 1.00 bits per heavy atom. The van der Waals surface area contributed by atoms with Crippen LogP contribution < -0.4 is 22.5 Å². The zero-order chi connectivity index (χ0) is 19.4. The van der Waals surface area contributed by atoms with E-state index in [0.29, 0.717) is 24.5 Å². The fourth-order valence-electron chi connectivity index (χ4n) is 3.00. The smallest absolute Gasteiger partial charge is 0.298 e. The minimum absolute atomic E-state index is 0.289. The first-order valence-electron chi connectivity index (χ1n) is 8.79. The summed E-state index contributed by atoms with van der Waals surface area (Å²) in [5, 5.41) is 0. The monoisotopic (exact) mass is 362 g/mol. The number of nitrogens with zero attached hydrogens (tertiary/aromatic N) is 4. The van der Waals surface area contributed by atoms with Crippen molar-refractivity contribution >= 4 is 0 Å². The summed E-state index contributed by atoms with van der Waals surface area (Å²) in [6.07, 6.45) is 3.46. The zero-order valence-corrected chi connectivity index (χ0v) is 15.8. The van der Waals surface area contributed by atoms with Crippen molar-refractivity contribution in [3.63, 3.8) is 0 Å². The quantitative estimate of drug-likeness (QED) is 0.662. The van der Waals surface area contributed by atoms with E-state index in [1.54, 1.807) is 23.0 Å². The molecule has 0 saturated carbocycles. The van der Waals surface area contributed by atoms with Crippen LogP contribution in [-0.4, -0.2) is 18.3 Å². The first kappa shape index (κ1) is 19.7. The van der Waals surface area contributed by atoms with Crippen molar-refractivity contribution in [3.05, 3.63) is 65.2 Å². The fourth-order valence-corrected chi connectivity index (χ4v) is 3.00. The maximum Gasteiger partial charge on any atom is 0.330 e. The van der Waals surface area contributed by atoms with E-state index < -0.39 is 0 Å². The molecule has 8 nitrogen and oxygen atoms in total. The molecule has 0 bridgehead atoms. The van der Waals surface area contributed by atoms with Crippen LogP contribution in [0.5, 0.6) is 0 Å². The van der Waals surface area contributed by atoms with Crippen LogP contribution in [0.25, 0.3) is 0 Å². The lowest BCUT2D eigenvalue weighted by atomic mass is 10.2. The van der Waals surface area contributed by atoms with Gasteiger partial charge in [-0.2, -0.15) is 0 Å². The molecule has 142 valence electrons. The third-order valence-electron chi connectivity index (χ3n) is 4.73. The molecule has 0 aliphatic rings. The average molecular weight is 362 g/mol. The second-order valence-corrected chi connectivity index (χ2v) is 6.65. The average Bonchev–Trinajstić information content (AvgIpc) is 2.59. The molecule has 0 saturated heterocycles. The summed E-state index contributed by atoms with van der Waals surface area (Å²) in [5.74, 6) is 0. The van der Waals surface area contributed by atoms with Gasteiger partial charge in [0.1, 0.15) is 0 Å². The molecule has 0 radical (unpaired) electrons. The number of hydrogen-bond acceptors (Lipinski definition) is 4. The maximum atomic E-state index is 12.1. The van der Waals surface area contributed by atoms with Crippen molar-refractivity contribution in [1.29, 1.82) is 0 Å². The molecule has 0 fully saturated rings. The molecule has 0 aliphatic heterocycles. The Bertz CT molecular complexity index is 940. The summed E-state index contributed by atoms with van der Waals surface area (Å²) in [6, 6.07) is 2.94. The van der Waals surface area contributed by atoms with Gasteiger partial charge in [-0.25, -0.2) is 9.59 Å². The normalized spacial score (nSPS) is 11.1. The topological polar surface area (TPSA) is 88.0 Å². The standard InChI is InChI=1S/C18H26N4O4/c1-13-11-15(23)19(3)17(25)21(13)9-7-5-6-8-10-22-14(2)12-16(24)20(4)18(22)26/h11-12H,5-10H2,1-4H3. The summed E-state index contributed by atoms with van der Waals surface area (Å²) in [4.78, 5) is 47.3. The van der Waals surface area contributed by atoms with Gasteiger partial charge >= 0.3 is 11.4 Å². The Morgan fingerprint density at radius 3 is 1.35 bits per heavy atom. The molecule has 2 rings (SSSR count). The lowest BCUT2D eigenvalue weighted by Crippen LogP contribution is -2.38. The van der Waals surface area contributed by atoms with Crippen LogP contribution in [0.2, 0.25) is 0 Å². The highest BCUT2D eigenvalue weighted by Gasteiger charge is 2.07. The summed E-state index contributed by atoms with van der Waals surface area (Å²) < 4.78 is 5.45. The van der Waals surface area contributed by atoms with Crippen LogP contribution in [0.4, 0.5) is 0 Å². The Kier molecular flexibility index (Phi) is 6.18. The molecule has 0 atom stereocenters. The molecule has 0 aliphatic carbocycles. The van der Waals surface area contributed by atoms with Crippen molar-refractivity contribution < 1.29 is 0 Å². The number of unbranched alkanes of at least 4 members (excludes halogenated alkanes) is 3. The number of hydrogen-bond donors (Lipinski definition) is 0. The van der Waals surface area contributed by atoms with Crippen molar-refractivity contribution in [2.75, 3.05) is 0 Å².